The van der Waals surface area contributed by atoms with Crippen molar-refractivity contribution >= 4 is 11.9 Å². The maximum atomic E-state index is 11.6. The summed E-state index contributed by atoms with van der Waals surface area (Å²) in [4.78, 5) is 22.2. The molecule has 1 amide bonds. The molecule has 0 aromatic carbocycles. The molecular formula is C14H27NO3. The number of nitrogens with one attached hydrogen (secondary N) is 1. The molecular weight excluding hydrogens is 230 g/mol. The second-order valence-electron chi connectivity index (χ2n) is 5.52. The average molecular weight is 257 g/mol. The van der Waals surface area contributed by atoms with Crippen molar-refractivity contribution in [2.45, 2.75) is 77.7 Å². The van der Waals surface area contributed by atoms with E-state index in [9.17, 15) is 9.59 Å². The van der Waals surface area contributed by atoms with Gasteiger partial charge in [0.2, 0.25) is 5.91 Å². The number of hydrogen-bond donors (Lipinski definition) is 2. The predicted molar refractivity (Wildman–Crippen MR) is 72.5 cm³/mol. The van der Waals surface area contributed by atoms with Crippen LogP contribution in [0.3, 0.4) is 0 Å². The number of hydrogen-bond acceptors (Lipinski definition) is 2. The number of unbranched alkanes of at least 4 members (excludes halogenated alkanes) is 5. The summed E-state index contributed by atoms with van der Waals surface area (Å²) in [6.07, 6.45) is 7.32. The molecule has 0 fully saturated rings. The van der Waals surface area contributed by atoms with E-state index in [1.54, 1.807) is 13.8 Å². The number of amides is 1. The monoisotopic (exact) mass is 257 g/mol. The van der Waals surface area contributed by atoms with E-state index in [-0.39, 0.29) is 12.3 Å². The van der Waals surface area contributed by atoms with E-state index in [1.165, 1.54) is 25.7 Å². The number of rotatable bonds is 10. The third kappa shape index (κ3) is 10.1. The van der Waals surface area contributed by atoms with E-state index in [0.29, 0.717) is 6.42 Å². The van der Waals surface area contributed by atoms with Gasteiger partial charge in [-0.15, -0.1) is 0 Å². The Balaban J connectivity index is 3.67. The summed E-state index contributed by atoms with van der Waals surface area (Å²) in [5.41, 5.74) is -0.662. The molecule has 0 aliphatic heterocycles. The first-order valence-corrected chi connectivity index (χ1v) is 6.90. The highest BCUT2D eigenvalue weighted by Crippen LogP contribution is 2.10. The summed E-state index contributed by atoms with van der Waals surface area (Å²) < 4.78 is 0. The number of carbonyl (C=O) groups excluding carboxylic acids is 1. The SMILES string of the molecule is CCCCCCCCC(=O)NC(C)(C)CC(=O)O. The van der Waals surface area contributed by atoms with Crippen LogP contribution >= 0.6 is 0 Å². The molecule has 0 bridgehead atoms. The Morgan fingerprint density at radius 2 is 1.61 bits per heavy atom. The molecule has 0 saturated carbocycles. The first-order valence-electron chi connectivity index (χ1n) is 6.90. The molecule has 0 atom stereocenters. The second-order valence-corrected chi connectivity index (χ2v) is 5.52. The number of carboxylic acid groups (broad SMARTS) is 1. The van der Waals surface area contributed by atoms with Crippen molar-refractivity contribution in [3.05, 3.63) is 0 Å². The third-order valence-electron chi connectivity index (χ3n) is 2.83. The van der Waals surface area contributed by atoms with Crippen LogP contribution in [-0.4, -0.2) is 22.5 Å². The lowest BCUT2D eigenvalue weighted by Gasteiger charge is -2.24. The molecule has 0 heterocycles. The fraction of sp³-hybridized carbons (Fsp3) is 0.857. The molecule has 0 spiro atoms. The van der Waals surface area contributed by atoms with Crippen LogP contribution in [0.1, 0.15) is 72.1 Å². The lowest BCUT2D eigenvalue weighted by atomic mass is 10.0. The fourth-order valence-electron chi connectivity index (χ4n) is 1.93. The molecule has 0 aromatic rings. The van der Waals surface area contributed by atoms with Crippen LogP contribution in [0.4, 0.5) is 0 Å². The Morgan fingerprint density at radius 3 is 2.17 bits per heavy atom. The van der Waals surface area contributed by atoms with Gasteiger partial charge in [-0.3, -0.25) is 9.59 Å². The number of carboxylic acids is 1. The van der Waals surface area contributed by atoms with Crippen molar-refractivity contribution in [2.75, 3.05) is 0 Å². The van der Waals surface area contributed by atoms with Crippen LogP contribution in [0.5, 0.6) is 0 Å². The fourth-order valence-corrected chi connectivity index (χ4v) is 1.93. The van der Waals surface area contributed by atoms with Crippen LogP contribution in [0, 0.1) is 0 Å². The smallest absolute Gasteiger partial charge is 0.305 e. The molecule has 0 aliphatic rings. The van der Waals surface area contributed by atoms with E-state index < -0.39 is 11.5 Å². The van der Waals surface area contributed by atoms with Crippen molar-refractivity contribution < 1.29 is 14.7 Å². The van der Waals surface area contributed by atoms with E-state index in [1.807, 2.05) is 0 Å². The van der Waals surface area contributed by atoms with Gasteiger partial charge >= 0.3 is 5.97 Å². The zero-order chi connectivity index (χ0) is 14.0. The summed E-state index contributed by atoms with van der Waals surface area (Å²) in [5.74, 6) is -0.934. The van der Waals surface area contributed by atoms with Gasteiger partial charge in [-0.2, -0.15) is 0 Å². The summed E-state index contributed by atoms with van der Waals surface area (Å²) >= 11 is 0. The molecule has 0 aliphatic carbocycles. The first-order chi connectivity index (χ1) is 8.37. The number of carbonyl (C=O) groups is 2. The maximum Gasteiger partial charge on any atom is 0.305 e. The Hall–Kier alpha value is -1.06. The highest BCUT2D eigenvalue weighted by atomic mass is 16.4. The van der Waals surface area contributed by atoms with Crippen molar-refractivity contribution in [3.8, 4) is 0 Å². The van der Waals surface area contributed by atoms with Gasteiger partial charge in [-0.25, -0.2) is 0 Å². The van der Waals surface area contributed by atoms with Gasteiger partial charge in [0.05, 0.1) is 6.42 Å². The Kier molecular flexibility index (Phi) is 8.42. The molecule has 106 valence electrons. The molecule has 2 N–H and O–H groups in total. The average Bonchev–Trinajstić information content (AvgIpc) is 2.20. The van der Waals surface area contributed by atoms with E-state index in [4.69, 9.17) is 5.11 Å². The minimum atomic E-state index is -0.889. The number of aliphatic carboxylic acids is 1. The first kappa shape index (κ1) is 16.9. The highest BCUT2D eigenvalue weighted by molar-refractivity contribution is 5.78. The lowest BCUT2D eigenvalue weighted by Crippen LogP contribution is -2.44. The van der Waals surface area contributed by atoms with Gasteiger partial charge in [-0.05, 0) is 20.3 Å². The van der Waals surface area contributed by atoms with Gasteiger partial charge in [0.1, 0.15) is 0 Å². The summed E-state index contributed by atoms with van der Waals surface area (Å²) in [6.45, 7) is 5.65. The molecule has 4 heteroatoms. The second kappa shape index (κ2) is 8.95. The van der Waals surface area contributed by atoms with Gasteiger partial charge in [0.25, 0.3) is 0 Å². The van der Waals surface area contributed by atoms with Crippen molar-refractivity contribution in [3.63, 3.8) is 0 Å². The van der Waals surface area contributed by atoms with Gasteiger partial charge in [0, 0.05) is 12.0 Å². The van der Waals surface area contributed by atoms with Crippen LogP contribution in [0.15, 0.2) is 0 Å². The molecule has 0 aromatic heterocycles. The normalized spacial score (nSPS) is 11.3. The molecule has 18 heavy (non-hydrogen) atoms. The lowest BCUT2D eigenvalue weighted by molar-refractivity contribution is -0.138. The summed E-state index contributed by atoms with van der Waals surface area (Å²) in [6, 6.07) is 0. The van der Waals surface area contributed by atoms with E-state index in [0.717, 1.165) is 12.8 Å². The van der Waals surface area contributed by atoms with E-state index >= 15 is 0 Å². The van der Waals surface area contributed by atoms with Crippen LogP contribution < -0.4 is 5.32 Å². The van der Waals surface area contributed by atoms with Crippen LogP contribution in [0.2, 0.25) is 0 Å². The summed E-state index contributed by atoms with van der Waals surface area (Å²) in [7, 11) is 0. The molecule has 0 saturated heterocycles. The minimum Gasteiger partial charge on any atom is -0.481 e. The van der Waals surface area contributed by atoms with Crippen LogP contribution in [0.25, 0.3) is 0 Å². The van der Waals surface area contributed by atoms with Crippen molar-refractivity contribution in [1.29, 1.82) is 0 Å². The van der Waals surface area contributed by atoms with Crippen LogP contribution in [-0.2, 0) is 9.59 Å². The Morgan fingerprint density at radius 1 is 1.06 bits per heavy atom. The van der Waals surface area contributed by atoms with Gasteiger partial charge in [0.15, 0.2) is 0 Å². The van der Waals surface area contributed by atoms with Gasteiger partial charge < -0.3 is 10.4 Å². The molecule has 0 radical (unpaired) electrons. The molecule has 4 nitrogen and oxygen atoms in total. The third-order valence-corrected chi connectivity index (χ3v) is 2.83. The standard InChI is InChI=1S/C14H27NO3/c1-4-5-6-7-8-9-10-12(16)15-14(2,3)11-13(17)18/h4-11H2,1-3H3,(H,15,16)(H,17,18). The zero-order valence-corrected chi connectivity index (χ0v) is 11.9. The summed E-state index contributed by atoms with van der Waals surface area (Å²) in [5, 5.41) is 11.5. The topological polar surface area (TPSA) is 66.4 Å². The molecule has 0 unspecified atom stereocenters. The van der Waals surface area contributed by atoms with Crippen molar-refractivity contribution in [2.24, 2.45) is 0 Å². The predicted octanol–water partition coefficient (Wildman–Crippen LogP) is 3.11. The minimum absolute atomic E-state index is 0.0447. The Labute approximate surface area is 110 Å². The quantitative estimate of drug-likeness (QED) is 0.591. The van der Waals surface area contributed by atoms with Gasteiger partial charge in [-0.1, -0.05) is 39.0 Å². The molecule has 0 rings (SSSR count). The zero-order valence-electron chi connectivity index (χ0n) is 11.9. The largest absolute Gasteiger partial charge is 0.481 e. The Bertz CT molecular complexity index is 262. The highest BCUT2D eigenvalue weighted by Gasteiger charge is 2.23. The van der Waals surface area contributed by atoms with E-state index in [2.05, 4.69) is 12.2 Å². The maximum absolute atomic E-state index is 11.6. The van der Waals surface area contributed by atoms with Crippen molar-refractivity contribution in [1.82, 2.24) is 5.32 Å².